The smallest absolute Gasteiger partial charge is 0.330 e. The summed E-state index contributed by atoms with van der Waals surface area (Å²) < 4.78 is 5.60. The van der Waals surface area contributed by atoms with Crippen molar-refractivity contribution >= 4 is 23.3 Å². The highest BCUT2D eigenvalue weighted by Crippen LogP contribution is 2.30. The number of esters is 1. The second-order valence-corrected chi connectivity index (χ2v) is 6.98. The van der Waals surface area contributed by atoms with Gasteiger partial charge in [-0.1, -0.05) is 13.5 Å². The number of hydrogen-bond acceptors (Lipinski definition) is 9. The van der Waals surface area contributed by atoms with Crippen LogP contribution in [0.25, 0.3) is 0 Å². The molecule has 2 unspecified atom stereocenters. The van der Waals surface area contributed by atoms with Gasteiger partial charge in [0.1, 0.15) is 18.2 Å². The zero-order valence-electron chi connectivity index (χ0n) is 16.6. The van der Waals surface area contributed by atoms with E-state index in [2.05, 4.69) is 16.8 Å². The molecule has 11 nitrogen and oxygen atoms in total. The molecule has 1 aliphatic carbocycles. The van der Waals surface area contributed by atoms with Gasteiger partial charge in [-0.15, -0.1) is 21.8 Å². The third-order valence-electron chi connectivity index (χ3n) is 4.45. The summed E-state index contributed by atoms with van der Waals surface area (Å²) in [4.78, 5) is 34.6. The molecule has 0 spiro atoms. The van der Waals surface area contributed by atoms with Crippen LogP contribution in [0.4, 0.5) is 5.69 Å². The van der Waals surface area contributed by atoms with Crippen LogP contribution in [0.1, 0.15) is 18.1 Å². The number of carbonyl (C=O) groups is 1. The highest BCUT2D eigenvalue weighted by molar-refractivity contribution is 6.22. The first kappa shape index (κ1) is 23.5. The second kappa shape index (κ2) is 9.82. The number of azo groups is 1. The molecular weight excluding hydrogens is 430 g/mol. The van der Waals surface area contributed by atoms with Gasteiger partial charge in [-0.25, -0.2) is 4.79 Å². The van der Waals surface area contributed by atoms with Crippen LogP contribution in [0, 0.1) is 34.3 Å². The Morgan fingerprint density at radius 1 is 1.52 bits per heavy atom. The number of allylic oxidation sites excluding steroid dienone is 2. The second-order valence-electron chi connectivity index (χ2n) is 6.48. The first-order chi connectivity index (χ1) is 14.6. The molecule has 2 atom stereocenters. The molecule has 1 heterocycles. The summed E-state index contributed by atoms with van der Waals surface area (Å²) >= 11 is 6.04. The minimum atomic E-state index is -0.821. The summed E-state index contributed by atoms with van der Waals surface area (Å²) in [6, 6.07) is 1.77. The maximum atomic E-state index is 12.8. The number of hydrogen-bond donors (Lipinski definition) is 1. The Morgan fingerprint density at radius 3 is 2.77 bits per heavy atom. The number of alkyl halides is 1. The zero-order chi connectivity index (χ0) is 23.3. The number of aromatic nitrogens is 1. The Kier molecular flexibility index (Phi) is 7.44. The number of halogens is 1. The van der Waals surface area contributed by atoms with Crippen LogP contribution in [0.15, 0.2) is 51.2 Å². The van der Waals surface area contributed by atoms with E-state index in [9.17, 15) is 30.1 Å². The summed E-state index contributed by atoms with van der Waals surface area (Å²) in [5.74, 6) is -1.62. The number of carbonyl (C=O) groups excluding carboxylic acids is 1. The van der Waals surface area contributed by atoms with Crippen LogP contribution in [0.2, 0.25) is 0 Å². The summed E-state index contributed by atoms with van der Waals surface area (Å²) in [6.07, 6.45) is 3.62. The summed E-state index contributed by atoms with van der Waals surface area (Å²) in [6.45, 7) is 5.81. The number of rotatable bonds is 7. The Bertz CT molecular complexity index is 1130. The molecule has 12 heteroatoms. The van der Waals surface area contributed by atoms with Crippen molar-refractivity contribution in [2.75, 3.05) is 6.61 Å². The Hall–Kier alpha value is -3.78. The van der Waals surface area contributed by atoms with Gasteiger partial charge in [0.05, 0.1) is 16.8 Å². The molecule has 31 heavy (non-hydrogen) atoms. The first-order valence-corrected chi connectivity index (χ1v) is 9.35. The summed E-state index contributed by atoms with van der Waals surface area (Å²) in [7, 11) is 0. The van der Waals surface area contributed by atoms with E-state index in [-0.39, 0.29) is 47.3 Å². The molecule has 1 aliphatic rings. The van der Waals surface area contributed by atoms with Gasteiger partial charge in [-0.2, -0.15) is 5.26 Å². The fourth-order valence-corrected chi connectivity index (χ4v) is 2.91. The molecule has 0 amide bonds. The summed E-state index contributed by atoms with van der Waals surface area (Å²) in [5.41, 5.74) is -1.77. The fraction of sp³-hybridized carbons (Fsp3) is 0.316. The maximum Gasteiger partial charge on any atom is 0.330 e. The van der Waals surface area contributed by atoms with Gasteiger partial charge >= 0.3 is 5.97 Å². The fourth-order valence-electron chi connectivity index (χ4n) is 2.72. The average molecular weight is 448 g/mol. The van der Waals surface area contributed by atoms with Gasteiger partial charge in [0.15, 0.2) is 11.4 Å². The molecule has 0 saturated carbocycles. The van der Waals surface area contributed by atoms with Gasteiger partial charge in [0.2, 0.25) is 5.88 Å². The minimum absolute atomic E-state index is 0.0411. The Labute approximate surface area is 181 Å². The Balaban J connectivity index is 2.51. The van der Waals surface area contributed by atoms with E-state index < -0.39 is 27.7 Å². The molecule has 0 saturated heterocycles. The number of aromatic hydroxyl groups is 1. The Morgan fingerprint density at radius 2 is 2.19 bits per heavy atom. The van der Waals surface area contributed by atoms with Crippen molar-refractivity contribution in [3.63, 3.8) is 0 Å². The number of nitrogens with zero attached hydrogens (tertiary/aromatic N) is 5. The highest BCUT2D eigenvalue weighted by atomic mass is 35.5. The third kappa shape index (κ3) is 5.04. The largest absolute Gasteiger partial charge is 0.493 e. The van der Waals surface area contributed by atoms with E-state index >= 15 is 0 Å². The van der Waals surface area contributed by atoms with Gasteiger partial charge < -0.3 is 9.84 Å². The van der Waals surface area contributed by atoms with Crippen molar-refractivity contribution < 1.29 is 19.6 Å². The highest BCUT2D eigenvalue weighted by Gasteiger charge is 2.28. The molecule has 0 radical (unpaired) electrons. The van der Waals surface area contributed by atoms with Gasteiger partial charge in [0, 0.05) is 17.7 Å². The number of nitro groups is 1. The molecule has 0 bridgehead atoms. The predicted octanol–water partition coefficient (Wildman–Crippen LogP) is 2.85. The quantitative estimate of drug-likeness (QED) is 0.168. The van der Waals surface area contributed by atoms with Crippen molar-refractivity contribution in [1.29, 1.82) is 5.26 Å². The van der Waals surface area contributed by atoms with Crippen molar-refractivity contribution in [1.82, 2.24) is 4.57 Å². The van der Waals surface area contributed by atoms with Gasteiger partial charge in [-0.05, 0) is 18.9 Å². The van der Waals surface area contributed by atoms with Crippen molar-refractivity contribution in [3.8, 4) is 11.9 Å². The standard InChI is InChI=1S/C19H18ClN5O6/c1-4-16(26)31-6-5-24-18(27)12(9-21)11(3)17(19(24)28)23-22-14-7-10(2)13(20)8-15(14)25(29)30/h4,7-8,10,13,27H,1,5-6H2,2-3H3. The van der Waals surface area contributed by atoms with Crippen LogP contribution in [0.3, 0.4) is 0 Å². The molecule has 0 aliphatic heterocycles. The van der Waals surface area contributed by atoms with E-state index in [4.69, 9.17) is 16.3 Å². The normalized spacial score (nSPS) is 18.1. The first-order valence-electron chi connectivity index (χ1n) is 8.92. The third-order valence-corrected chi connectivity index (χ3v) is 4.98. The monoisotopic (exact) mass is 447 g/mol. The van der Waals surface area contributed by atoms with Crippen LogP contribution in [-0.4, -0.2) is 32.6 Å². The molecule has 1 N–H and O–H groups in total. The van der Waals surface area contributed by atoms with E-state index in [1.165, 1.54) is 19.1 Å². The lowest BCUT2D eigenvalue weighted by molar-refractivity contribution is -0.421. The van der Waals surface area contributed by atoms with E-state index in [0.717, 1.165) is 10.6 Å². The van der Waals surface area contributed by atoms with Crippen LogP contribution < -0.4 is 5.56 Å². The van der Waals surface area contributed by atoms with E-state index in [0.29, 0.717) is 0 Å². The number of nitriles is 1. The van der Waals surface area contributed by atoms with Crippen molar-refractivity contribution in [2.24, 2.45) is 16.1 Å². The molecular formula is C19H18ClN5O6. The van der Waals surface area contributed by atoms with Crippen molar-refractivity contribution in [3.05, 3.63) is 67.8 Å². The van der Waals surface area contributed by atoms with Gasteiger partial charge in [-0.3, -0.25) is 19.5 Å². The lowest BCUT2D eigenvalue weighted by Crippen LogP contribution is -2.24. The minimum Gasteiger partial charge on any atom is -0.493 e. The van der Waals surface area contributed by atoms with E-state index in [1.807, 2.05) is 0 Å². The summed E-state index contributed by atoms with van der Waals surface area (Å²) in [5, 5.41) is 38.0. The van der Waals surface area contributed by atoms with Crippen molar-refractivity contribution in [2.45, 2.75) is 25.8 Å². The molecule has 2 rings (SSSR count). The average Bonchev–Trinajstić information content (AvgIpc) is 2.72. The van der Waals surface area contributed by atoms with Crippen LogP contribution in [0.5, 0.6) is 5.88 Å². The molecule has 162 valence electrons. The topological polar surface area (TPSA) is 160 Å². The molecule has 0 fully saturated rings. The number of pyridine rings is 1. The van der Waals surface area contributed by atoms with Gasteiger partial charge in [0.25, 0.3) is 11.3 Å². The molecule has 0 aromatic carbocycles. The predicted molar refractivity (Wildman–Crippen MR) is 109 cm³/mol. The lowest BCUT2D eigenvalue weighted by Gasteiger charge is -2.16. The molecule has 1 aromatic heterocycles. The number of ether oxygens (including phenoxy) is 1. The lowest BCUT2D eigenvalue weighted by atomic mass is 9.99. The maximum absolute atomic E-state index is 12.8. The molecule has 1 aromatic rings. The SMILES string of the molecule is C=CC(=O)OCCn1c(O)c(C#N)c(C)c(N=NC2=CC(C)C(Cl)C=C2[N+](=O)[O-])c1=O. The van der Waals surface area contributed by atoms with Crippen LogP contribution >= 0.6 is 11.6 Å². The zero-order valence-corrected chi connectivity index (χ0v) is 17.4. The van der Waals surface area contributed by atoms with Crippen LogP contribution in [-0.2, 0) is 16.1 Å². The van der Waals surface area contributed by atoms with E-state index in [1.54, 1.807) is 13.0 Å².